The molecule has 0 unspecified atom stereocenters. The Morgan fingerprint density at radius 1 is 1.46 bits per heavy atom. The number of aromatic nitrogens is 3. The number of hydrogen-bond donors (Lipinski definition) is 1. The Bertz CT molecular complexity index is 268. The number of aryl methyl sites for hydroxylation is 1. The van der Waals surface area contributed by atoms with Gasteiger partial charge in [-0.2, -0.15) is 5.10 Å². The summed E-state index contributed by atoms with van der Waals surface area (Å²) in [7, 11) is 0. The summed E-state index contributed by atoms with van der Waals surface area (Å²) in [6, 6.07) is 0. The van der Waals surface area contributed by atoms with Gasteiger partial charge in [0.15, 0.2) is 5.82 Å². The van der Waals surface area contributed by atoms with Crippen LogP contribution in [0.5, 0.6) is 0 Å². The molecule has 0 aromatic carbocycles. The van der Waals surface area contributed by atoms with Crippen LogP contribution in [0.3, 0.4) is 0 Å². The minimum absolute atomic E-state index is 0.119. The van der Waals surface area contributed by atoms with Gasteiger partial charge in [0.05, 0.1) is 13.2 Å². The fraction of sp³-hybridized carbons (Fsp3) is 0.778. The first-order valence-corrected chi connectivity index (χ1v) is 4.73. The summed E-state index contributed by atoms with van der Waals surface area (Å²) in [5.41, 5.74) is 0. The first-order valence-electron chi connectivity index (χ1n) is 4.73. The first kappa shape index (κ1) is 10.2. The van der Waals surface area contributed by atoms with Gasteiger partial charge in [-0.15, -0.1) is 0 Å². The van der Waals surface area contributed by atoms with E-state index in [1.54, 1.807) is 4.68 Å². The van der Waals surface area contributed by atoms with Crippen LogP contribution in [0.15, 0.2) is 0 Å². The number of rotatable bonds is 4. The van der Waals surface area contributed by atoms with Crippen molar-refractivity contribution in [3.05, 3.63) is 11.6 Å². The topological polar surface area (TPSA) is 50.9 Å². The Kier molecular flexibility index (Phi) is 3.42. The average Bonchev–Trinajstić information content (AvgIpc) is 2.48. The molecule has 4 nitrogen and oxygen atoms in total. The standard InChI is InChI=1S/C9H17N3O/c1-4-8-10-9(7(2)3)11-12(8)5-6-13/h7,13H,4-6H2,1-3H3. The van der Waals surface area contributed by atoms with Gasteiger partial charge in [-0.05, 0) is 0 Å². The second-order valence-corrected chi connectivity index (χ2v) is 3.34. The highest BCUT2D eigenvalue weighted by Crippen LogP contribution is 2.10. The van der Waals surface area contributed by atoms with E-state index in [0.717, 1.165) is 18.1 Å². The predicted molar refractivity (Wildman–Crippen MR) is 50.6 cm³/mol. The van der Waals surface area contributed by atoms with Crippen molar-refractivity contribution in [3.8, 4) is 0 Å². The van der Waals surface area contributed by atoms with E-state index in [-0.39, 0.29) is 6.61 Å². The van der Waals surface area contributed by atoms with Crippen molar-refractivity contribution in [1.82, 2.24) is 14.8 Å². The van der Waals surface area contributed by atoms with Crippen LogP contribution in [-0.4, -0.2) is 26.5 Å². The summed E-state index contributed by atoms with van der Waals surface area (Å²) >= 11 is 0. The summed E-state index contributed by atoms with van der Waals surface area (Å²) in [6.07, 6.45) is 0.861. The third kappa shape index (κ3) is 2.28. The zero-order chi connectivity index (χ0) is 9.84. The van der Waals surface area contributed by atoms with Gasteiger partial charge in [-0.1, -0.05) is 20.8 Å². The van der Waals surface area contributed by atoms with E-state index in [9.17, 15) is 0 Å². The Labute approximate surface area is 78.6 Å². The van der Waals surface area contributed by atoms with Crippen LogP contribution >= 0.6 is 0 Å². The molecule has 1 N–H and O–H groups in total. The Hall–Kier alpha value is -0.900. The summed E-state index contributed by atoms with van der Waals surface area (Å²) in [5.74, 6) is 2.17. The monoisotopic (exact) mass is 183 g/mol. The van der Waals surface area contributed by atoms with Crippen LogP contribution in [-0.2, 0) is 13.0 Å². The van der Waals surface area contributed by atoms with E-state index in [2.05, 4.69) is 23.9 Å². The van der Waals surface area contributed by atoms with Crippen LogP contribution in [0.25, 0.3) is 0 Å². The van der Waals surface area contributed by atoms with E-state index < -0.39 is 0 Å². The van der Waals surface area contributed by atoms with Gasteiger partial charge in [-0.3, -0.25) is 0 Å². The fourth-order valence-electron chi connectivity index (χ4n) is 1.17. The first-order chi connectivity index (χ1) is 6.19. The maximum Gasteiger partial charge on any atom is 0.153 e. The van der Waals surface area contributed by atoms with E-state index in [4.69, 9.17) is 5.11 Å². The van der Waals surface area contributed by atoms with E-state index in [0.29, 0.717) is 12.5 Å². The highest BCUT2D eigenvalue weighted by Gasteiger charge is 2.10. The lowest BCUT2D eigenvalue weighted by Crippen LogP contribution is -2.08. The largest absolute Gasteiger partial charge is 0.394 e. The van der Waals surface area contributed by atoms with Crippen molar-refractivity contribution in [1.29, 1.82) is 0 Å². The quantitative estimate of drug-likeness (QED) is 0.756. The van der Waals surface area contributed by atoms with Crippen molar-refractivity contribution in [2.45, 2.75) is 39.7 Å². The molecule has 0 amide bonds. The smallest absolute Gasteiger partial charge is 0.153 e. The molecule has 1 rings (SSSR count). The van der Waals surface area contributed by atoms with Crippen molar-refractivity contribution in [2.75, 3.05) is 6.61 Å². The molecular formula is C9H17N3O. The van der Waals surface area contributed by atoms with Gasteiger partial charge in [0.1, 0.15) is 5.82 Å². The lowest BCUT2D eigenvalue weighted by molar-refractivity contribution is 0.266. The molecule has 0 fully saturated rings. The normalized spacial score (nSPS) is 11.2. The van der Waals surface area contributed by atoms with Gasteiger partial charge < -0.3 is 5.11 Å². The number of aliphatic hydroxyl groups is 1. The summed E-state index contributed by atoms with van der Waals surface area (Å²) in [4.78, 5) is 4.39. The Morgan fingerprint density at radius 3 is 2.62 bits per heavy atom. The summed E-state index contributed by atoms with van der Waals surface area (Å²) in [5, 5.41) is 13.1. The van der Waals surface area contributed by atoms with Gasteiger partial charge in [0.2, 0.25) is 0 Å². The van der Waals surface area contributed by atoms with Gasteiger partial charge in [0.25, 0.3) is 0 Å². The van der Waals surface area contributed by atoms with Crippen LogP contribution in [0.4, 0.5) is 0 Å². The number of hydrogen-bond acceptors (Lipinski definition) is 3. The van der Waals surface area contributed by atoms with Crippen LogP contribution in [0.2, 0.25) is 0 Å². The molecule has 0 aliphatic rings. The van der Waals surface area contributed by atoms with E-state index in [1.807, 2.05) is 6.92 Å². The molecule has 0 saturated heterocycles. The molecule has 0 atom stereocenters. The predicted octanol–water partition coefficient (Wildman–Crippen LogP) is 0.956. The molecule has 0 aliphatic carbocycles. The third-order valence-electron chi connectivity index (χ3n) is 1.91. The fourth-order valence-corrected chi connectivity index (χ4v) is 1.17. The summed E-state index contributed by atoms with van der Waals surface area (Å²) < 4.78 is 1.79. The van der Waals surface area contributed by atoms with Crippen LogP contribution in [0, 0.1) is 0 Å². The van der Waals surface area contributed by atoms with Crippen molar-refractivity contribution in [2.24, 2.45) is 0 Å². The second kappa shape index (κ2) is 4.37. The molecule has 0 spiro atoms. The highest BCUT2D eigenvalue weighted by molar-refractivity contribution is 4.96. The third-order valence-corrected chi connectivity index (χ3v) is 1.91. The van der Waals surface area contributed by atoms with Crippen molar-refractivity contribution in [3.63, 3.8) is 0 Å². The molecular weight excluding hydrogens is 166 g/mol. The molecule has 0 bridgehead atoms. The Morgan fingerprint density at radius 2 is 2.15 bits per heavy atom. The zero-order valence-electron chi connectivity index (χ0n) is 8.49. The number of aliphatic hydroxyl groups excluding tert-OH is 1. The molecule has 0 aliphatic heterocycles. The molecule has 1 aromatic heterocycles. The van der Waals surface area contributed by atoms with Crippen molar-refractivity contribution < 1.29 is 5.11 Å². The van der Waals surface area contributed by atoms with E-state index in [1.165, 1.54) is 0 Å². The molecule has 1 heterocycles. The molecule has 4 heteroatoms. The van der Waals surface area contributed by atoms with Crippen LogP contribution < -0.4 is 0 Å². The van der Waals surface area contributed by atoms with E-state index >= 15 is 0 Å². The molecule has 1 aromatic rings. The van der Waals surface area contributed by atoms with Gasteiger partial charge in [0, 0.05) is 12.3 Å². The lowest BCUT2D eigenvalue weighted by Gasteiger charge is -1.99. The molecule has 13 heavy (non-hydrogen) atoms. The maximum absolute atomic E-state index is 8.80. The average molecular weight is 183 g/mol. The lowest BCUT2D eigenvalue weighted by atomic mass is 10.2. The van der Waals surface area contributed by atoms with Crippen LogP contribution in [0.1, 0.15) is 38.3 Å². The van der Waals surface area contributed by atoms with Crippen molar-refractivity contribution >= 4 is 0 Å². The molecule has 74 valence electrons. The minimum atomic E-state index is 0.119. The second-order valence-electron chi connectivity index (χ2n) is 3.34. The summed E-state index contributed by atoms with van der Waals surface area (Å²) in [6.45, 7) is 6.84. The van der Waals surface area contributed by atoms with Gasteiger partial charge >= 0.3 is 0 Å². The maximum atomic E-state index is 8.80. The Balaban J connectivity index is 2.90. The van der Waals surface area contributed by atoms with Gasteiger partial charge in [-0.25, -0.2) is 9.67 Å². The SMILES string of the molecule is CCc1nc(C(C)C)nn1CCO. The highest BCUT2D eigenvalue weighted by atomic mass is 16.3. The minimum Gasteiger partial charge on any atom is -0.394 e. The number of nitrogens with zero attached hydrogens (tertiary/aromatic N) is 3. The zero-order valence-corrected chi connectivity index (χ0v) is 8.49. The molecule has 0 radical (unpaired) electrons. The molecule has 0 saturated carbocycles.